The maximum Gasteiger partial charge on any atom is 0.262 e. The van der Waals surface area contributed by atoms with E-state index in [4.69, 9.17) is 5.73 Å². The van der Waals surface area contributed by atoms with Crippen LogP contribution in [-0.2, 0) is 16.4 Å². The average molecular weight is 304 g/mol. The topological polar surface area (TPSA) is 72.2 Å². The molecule has 0 fully saturated rings. The lowest BCUT2D eigenvalue weighted by molar-refractivity contribution is 0.600. The zero-order chi connectivity index (χ0) is 15.5. The van der Waals surface area contributed by atoms with Gasteiger partial charge in [0.1, 0.15) is 0 Å². The molecule has 112 valence electrons. The smallest absolute Gasteiger partial charge is 0.262 e. The van der Waals surface area contributed by atoms with Crippen molar-refractivity contribution in [2.24, 2.45) is 0 Å². The van der Waals surface area contributed by atoms with Crippen molar-refractivity contribution >= 4 is 21.4 Å². The van der Waals surface area contributed by atoms with E-state index in [9.17, 15) is 8.42 Å². The zero-order valence-electron chi connectivity index (χ0n) is 12.3. The highest BCUT2D eigenvalue weighted by Gasteiger charge is 2.18. The molecule has 4 nitrogen and oxygen atoms in total. The Bertz CT molecular complexity index is 740. The van der Waals surface area contributed by atoms with Gasteiger partial charge in [-0.1, -0.05) is 37.6 Å². The van der Waals surface area contributed by atoms with E-state index in [1.807, 2.05) is 18.2 Å². The minimum atomic E-state index is -3.64. The molecule has 0 radical (unpaired) electrons. The van der Waals surface area contributed by atoms with Crippen molar-refractivity contribution in [3.63, 3.8) is 0 Å². The van der Waals surface area contributed by atoms with Crippen LogP contribution < -0.4 is 10.5 Å². The van der Waals surface area contributed by atoms with E-state index in [0.717, 1.165) is 18.4 Å². The molecule has 0 spiro atoms. The molecule has 0 aliphatic carbocycles. The summed E-state index contributed by atoms with van der Waals surface area (Å²) in [6.45, 7) is 3.82. The van der Waals surface area contributed by atoms with Crippen LogP contribution in [-0.4, -0.2) is 8.42 Å². The van der Waals surface area contributed by atoms with Crippen LogP contribution in [0.15, 0.2) is 47.4 Å². The fourth-order valence-corrected chi connectivity index (χ4v) is 3.59. The zero-order valence-corrected chi connectivity index (χ0v) is 13.1. The third-order valence-corrected chi connectivity index (χ3v) is 4.79. The Hall–Kier alpha value is -2.01. The number of hydrogen-bond donors (Lipinski definition) is 2. The van der Waals surface area contributed by atoms with E-state index in [2.05, 4.69) is 11.6 Å². The van der Waals surface area contributed by atoms with E-state index < -0.39 is 10.0 Å². The summed E-state index contributed by atoms with van der Waals surface area (Å²) in [4.78, 5) is 0.216. The molecule has 3 N–H and O–H groups in total. The molecular formula is C16H20N2O2S. The normalized spacial score (nSPS) is 11.3. The van der Waals surface area contributed by atoms with Crippen molar-refractivity contribution in [3.05, 3.63) is 53.6 Å². The molecular weight excluding hydrogens is 284 g/mol. The molecule has 0 aliphatic heterocycles. The number of nitrogens with two attached hydrogens (primary N) is 1. The highest BCUT2D eigenvalue weighted by atomic mass is 32.2. The predicted octanol–water partition coefficient (Wildman–Crippen LogP) is 3.33. The molecule has 0 aromatic heterocycles. The maximum atomic E-state index is 12.6. The number of sulfonamides is 1. The summed E-state index contributed by atoms with van der Waals surface area (Å²) in [6.07, 6.45) is 1.78. The molecule has 0 amide bonds. The van der Waals surface area contributed by atoms with Gasteiger partial charge in [-0.3, -0.25) is 4.72 Å². The van der Waals surface area contributed by atoms with Crippen LogP contribution in [0.1, 0.15) is 24.5 Å². The van der Waals surface area contributed by atoms with Crippen molar-refractivity contribution in [1.82, 2.24) is 0 Å². The monoisotopic (exact) mass is 304 g/mol. The van der Waals surface area contributed by atoms with Gasteiger partial charge in [-0.15, -0.1) is 0 Å². The van der Waals surface area contributed by atoms with Gasteiger partial charge < -0.3 is 5.73 Å². The lowest BCUT2D eigenvalue weighted by Crippen LogP contribution is -2.15. The van der Waals surface area contributed by atoms with Crippen molar-refractivity contribution in [2.75, 3.05) is 10.5 Å². The Kier molecular flexibility index (Phi) is 4.53. The summed E-state index contributed by atoms with van der Waals surface area (Å²) >= 11 is 0. The Morgan fingerprint density at radius 1 is 1.14 bits per heavy atom. The first-order valence-electron chi connectivity index (χ1n) is 6.91. The first-order valence-corrected chi connectivity index (χ1v) is 8.39. The van der Waals surface area contributed by atoms with Crippen molar-refractivity contribution in [2.45, 2.75) is 31.6 Å². The Labute approximate surface area is 126 Å². The number of benzene rings is 2. The van der Waals surface area contributed by atoms with Gasteiger partial charge in [0, 0.05) is 5.69 Å². The van der Waals surface area contributed by atoms with Crippen LogP contribution in [0.4, 0.5) is 11.4 Å². The van der Waals surface area contributed by atoms with Gasteiger partial charge in [-0.2, -0.15) is 0 Å². The van der Waals surface area contributed by atoms with Crippen LogP contribution >= 0.6 is 0 Å². The van der Waals surface area contributed by atoms with Gasteiger partial charge in [-0.05, 0) is 42.7 Å². The SMILES string of the molecule is CCCc1ccccc1NS(=O)(=O)c1cc(N)ccc1C. The van der Waals surface area contributed by atoms with Crippen LogP contribution in [0, 0.1) is 6.92 Å². The van der Waals surface area contributed by atoms with Gasteiger partial charge in [-0.25, -0.2) is 8.42 Å². The van der Waals surface area contributed by atoms with E-state index >= 15 is 0 Å². The number of aryl methyl sites for hydroxylation is 2. The summed E-state index contributed by atoms with van der Waals surface area (Å²) in [5.74, 6) is 0. The second kappa shape index (κ2) is 6.18. The lowest BCUT2D eigenvalue weighted by atomic mass is 10.1. The average Bonchev–Trinajstić information content (AvgIpc) is 2.43. The molecule has 5 heteroatoms. The second-order valence-electron chi connectivity index (χ2n) is 5.04. The molecule has 2 aromatic carbocycles. The highest BCUT2D eigenvalue weighted by Crippen LogP contribution is 2.24. The fraction of sp³-hybridized carbons (Fsp3) is 0.250. The molecule has 0 saturated carbocycles. The van der Waals surface area contributed by atoms with Crippen molar-refractivity contribution in [1.29, 1.82) is 0 Å². The highest BCUT2D eigenvalue weighted by molar-refractivity contribution is 7.92. The summed E-state index contributed by atoms with van der Waals surface area (Å²) in [7, 11) is -3.64. The molecule has 0 aliphatic rings. The third kappa shape index (κ3) is 3.55. The number of rotatable bonds is 5. The van der Waals surface area contributed by atoms with Gasteiger partial charge in [0.2, 0.25) is 0 Å². The number of nitrogens with one attached hydrogen (secondary N) is 1. The van der Waals surface area contributed by atoms with Crippen LogP contribution in [0.3, 0.4) is 0 Å². The summed E-state index contributed by atoms with van der Waals surface area (Å²) < 4.78 is 27.8. The van der Waals surface area contributed by atoms with Gasteiger partial charge in [0.15, 0.2) is 0 Å². The molecule has 0 atom stereocenters. The molecule has 2 rings (SSSR count). The Morgan fingerprint density at radius 2 is 1.86 bits per heavy atom. The number of anilines is 2. The van der Waals surface area contributed by atoms with Crippen molar-refractivity contribution in [3.8, 4) is 0 Å². The summed E-state index contributed by atoms with van der Waals surface area (Å²) in [5.41, 5.74) is 8.42. The standard InChI is InChI=1S/C16H20N2O2S/c1-3-6-13-7-4-5-8-15(13)18-21(19,20)16-11-14(17)10-9-12(16)2/h4-5,7-11,18H,3,6,17H2,1-2H3. The molecule has 0 bridgehead atoms. The largest absolute Gasteiger partial charge is 0.399 e. The molecule has 2 aromatic rings. The van der Waals surface area contributed by atoms with Gasteiger partial charge in [0.05, 0.1) is 10.6 Å². The number of para-hydroxylation sites is 1. The van der Waals surface area contributed by atoms with Crippen LogP contribution in [0.2, 0.25) is 0 Å². The van der Waals surface area contributed by atoms with Crippen molar-refractivity contribution < 1.29 is 8.42 Å². The second-order valence-corrected chi connectivity index (χ2v) is 6.69. The summed E-state index contributed by atoms with van der Waals surface area (Å²) in [6, 6.07) is 12.3. The first-order chi connectivity index (χ1) is 9.94. The first kappa shape index (κ1) is 15.4. The number of nitrogen functional groups attached to an aromatic ring is 1. The summed E-state index contributed by atoms with van der Waals surface area (Å²) in [5, 5.41) is 0. The van der Waals surface area contributed by atoms with Crippen LogP contribution in [0.25, 0.3) is 0 Å². The Balaban J connectivity index is 2.40. The Morgan fingerprint density at radius 3 is 2.57 bits per heavy atom. The minimum Gasteiger partial charge on any atom is -0.399 e. The van der Waals surface area contributed by atoms with E-state index in [1.54, 1.807) is 25.1 Å². The third-order valence-electron chi connectivity index (χ3n) is 3.28. The fourth-order valence-electron chi connectivity index (χ4n) is 2.21. The predicted molar refractivity (Wildman–Crippen MR) is 86.8 cm³/mol. The van der Waals surface area contributed by atoms with E-state index in [1.165, 1.54) is 6.07 Å². The van der Waals surface area contributed by atoms with E-state index in [0.29, 0.717) is 16.9 Å². The molecule has 0 saturated heterocycles. The van der Waals surface area contributed by atoms with Gasteiger partial charge >= 0.3 is 0 Å². The van der Waals surface area contributed by atoms with Crippen LogP contribution in [0.5, 0.6) is 0 Å². The van der Waals surface area contributed by atoms with Gasteiger partial charge in [0.25, 0.3) is 10.0 Å². The number of hydrogen-bond acceptors (Lipinski definition) is 3. The lowest BCUT2D eigenvalue weighted by Gasteiger charge is -2.14. The minimum absolute atomic E-state index is 0.216. The molecule has 21 heavy (non-hydrogen) atoms. The molecule has 0 unspecified atom stereocenters. The quantitative estimate of drug-likeness (QED) is 0.832. The molecule has 0 heterocycles. The maximum absolute atomic E-state index is 12.6. The van der Waals surface area contributed by atoms with E-state index in [-0.39, 0.29) is 4.90 Å².